The Balaban J connectivity index is 0. The van der Waals surface area contributed by atoms with Crippen molar-refractivity contribution in [1.29, 1.82) is 0 Å². The average molecular weight is 371 g/mol. The fraction of sp³-hybridized carbons (Fsp3) is 0.727. The van der Waals surface area contributed by atoms with Crippen LogP contribution in [0.15, 0.2) is 24.3 Å². The molecule has 0 heterocycles. The lowest BCUT2D eigenvalue weighted by atomic mass is 10.0. The summed E-state index contributed by atoms with van der Waals surface area (Å²) in [6.45, 7) is 10.3. The van der Waals surface area contributed by atoms with Crippen LogP contribution in [0.2, 0.25) is 0 Å². The zero-order chi connectivity index (χ0) is 18.3. The van der Waals surface area contributed by atoms with E-state index in [9.17, 15) is 5.11 Å². The van der Waals surface area contributed by atoms with Gasteiger partial charge in [-0.2, -0.15) is 9.90 Å². The molecule has 0 aliphatic heterocycles. The van der Waals surface area contributed by atoms with Crippen LogP contribution in [0.3, 0.4) is 0 Å². The molecule has 1 atom stereocenters. The molecule has 0 spiro atoms. The summed E-state index contributed by atoms with van der Waals surface area (Å²) >= 11 is 0. The third-order valence-corrected chi connectivity index (χ3v) is 3.77. The number of unbranched alkanes of at least 4 members (excludes halogenated alkanes) is 6. The first-order chi connectivity index (χ1) is 11.5. The lowest BCUT2D eigenvalue weighted by Crippen LogP contribution is -2.32. The van der Waals surface area contributed by atoms with E-state index in [0.29, 0.717) is 0 Å². The van der Waals surface area contributed by atoms with E-state index in [1.807, 2.05) is 26.0 Å². The van der Waals surface area contributed by atoms with Gasteiger partial charge in [0.2, 0.25) is 0 Å². The molecule has 1 aromatic carbocycles. The van der Waals surface area contributed by atoms with E-state index in [2.05, 4.69) is 32.9 Å². The van der Waals surface area contributed by atoms with Crippen LogP contribution in [0.25, 0.3) is 0 Å². The van der Waals surface area contributed by atoms with Crippen molar-refractivity contribution in [3.63, 3.8) is 0 Å². The summed E-state index contributed by atoms with van der Waals surface area (Å²) in [5, 5.41) is 9.21. The maximum absolute atomic E-state index is 9.21. The minimum atomic E-state index is -0.514. The van der Waals surface area contributed by atoms with Gasteiger partial charge in [-0.05, 0) is 44.4 Å². The topological polar surface area (TPSA) is 29.5 Å². The van der Waals surface area contributed by atoms with E-state index in [4.69, 9.17) is 4.74 Å². The molecule has 1 rings (SSSR count). The van der Waals surface area contributed by atoms with E-state index in [1.165, 1.54) is 56.9 Å². The summed E-state index contributed by atoms with van der Waals surface area (Å²) in [7, 11) is 0. The second-order valence-corrected chi connectivity index (χ2v) is 7.24. The van der Waals surface area contributed by atoms with Crippen molar-refractivity contribution in [3.8, 4) is 5.75 Å². The average Bonchev–Trinajstić information content (AvgIpc) is 2.56. The highest BCUT2D eigenvalue weighted by atomic mass is 31.0. The van der Waals surface area contributed by atoms with E-state index in [1.54, 1.807) is 0 Å². The van der Waals surface area contributed by atoms with Gasteiger partial charge in [0.25, 0.3) is 0 Å². The van der Waals surface area contributed by atoms with Crippen LogP contribution in [0.1, 0.15) is 91.5 Å². The maximum atomic E-state index is 9.21. The Hall–Kier alpha value is -0.590. The molecular formula is C22H43O2P. The van der Waals surface area contributed by atoms with Crippen LogP contribution in [-0.2, 0) is 6.42 Å². The number of hydrogen-bond acceptors (Lipinski definition) is 2. The van der Waals surface area contributed by atoms with Gasteiger partial charge in [0.1, 0.15) is 11.4 Å². The second kappa shape index (κ2) is 16.9. The Morgan fingerprint density at radius 3 is 1.80 bits per heavy atom. The zero-order valence-corrected chi connectivity index (χ0v) is 18.9. The van der Waals surface area contributed by atoms with Gasteiger partial charge in [-0.3, -0.25) is 0 Å². The van der Waals surface area contributed by atoms with Crippen LogP contribution in [-0.4, -0.2) is 17.3 Å². The Labute approximate surface area is 160 Å². The number of ether oxygens (including phenoxy) is 1. The largest absolute Gasteiger partial charge is 0.485 e. The first kappa shape index (κ1) is 26.6. The van der Waals surface area contributed by atoms with Gasteiger partial charge in [0.15, 0.2) is 0 Å². The molecule has 148 valence electrons. The van der Waals surface area contributed by atoms with Crippen molar-refractivity contribution in [2.75, 3.05) is 6.61 Å². The van der Waals surface area contributed by atoms with Gasteiger partial charge in [0.05, 0.1) is 6.61 Å². The Kier molecular flexibility index (Phi) is 18.0. The molecule has 0 saturated carbocycles. The maximum Gasteiger partial charge on any atom is 0.126 e. The Morgan fingerprint density at radius 1 is 0.840 bits per heavy atom. The first-order valence-corrected chi connectivity index (χ1v) is 9.87. The minimum Gasteiger partial charge on any atom is -0.485 e. The second-order valence-electron chi connectivity index (χ2n) is 7.24. The number of aryl methyl sites for hydroxylation is 1. The molecule has 2 nitrogen and oxygen atoms in total. The number of hydrogen-bond donors (Lipinski definition) is 1. The predicted molar refractivity (Wildman–Crippen MR) is 117 cm³/mol. The van der Waals surface area contributed by atoms with Gasteiger partial charge in [-0.1, -0.05) is 77.8 Å². The molecule has 1 aromatic rings. The summed E-state index contributed by atoms with van der Waals surface area (Å²) in [6.07, 6.45) is 11.9. The highest BCUT2D eigenvalue weighted by Gasteiger charge is 2.17. The van der Waals surface area contributed by atoms with E-state index < -0.39 is 5.60 Å². The van der Waals surface area contributed by atoms with Crippen molar-refractivity contribution in [2.45, 2.75) is 98.0 Å². The van der Waals surface area contributed by atoms with Crippen molar-refractivity contribution >= 4 is 9.90 Å². The van der Waals surface area contributed by atoms with Gasteiger partial charge >= 0.3 is 0 Å². The number of rotatable bonds is 11. The van der Waals surface area contributed by atoms with Gasteiger partial charge in [-0.15, -0.1) is 0 Å². The number of benzene rings is 1. The van der Waals surface area contributed by atoms with Gasteiger partial charge in [-0.25, -0.2) is 0 Å². The van der Waals surface area contributed by atoms with Crippen LogP contribution in [0.5, 0.6) is 5.75 Å². The number of aliphatic hydroxyl groups is 1. The third-order valence-electron chi connectivity index (χ3n) is 3.77. The summed E-state index contributed by atoms with van der Waals surface area (Å²) in [5.41, 5.74) is 0.859. The molecule has 1 unspecified atom stereocenters. The van der Waals surface area contributed by atoms with Crippen molar-refractivity contribution in [2.24, 2.45) is 0 Å². The molecule has 25 heavy (non-hydrogen) atoms. The fourth-order valence-electron chi connectivity index (χ4n) is 2.36. The minimum absolute atomic E-state index is 0. The third kappa shape index (κ3) is 15.4. The van der Waals surface area contributed by atoms with Crippen LogP contribution in [0.4, 0.5) is 0 Å². The summed E-state index contributed by atoms with van der Waals surface area (Å²) in [6, 6.07) is 8.29. The van der Waals surface area contributed by atoms with Crippen molar-refractivity contribution < 1.29 is 9.84 Å². The SMILES string of the molecule is CCC.CCCCCCCCCc1ccc(OC(C)(C)CO)cc1.P. The Morgan fingerprint density at radius 2 is 1.32 bits per heavy atom. The van der Waals surface area contributed by atoms with E-state index in [-0.39, 0.29) is 16.5 Å². The molecule has 0 amide bonds. The molecule has 3 heteroatoms. The quantitative estimate of drug-likeness (QED) is 0.351. The number of aliphatic hydroxyl groups excluding tert-OH is 1. The van der Waals surface area contributed by atoms with Crippen LogP contribution in [0, 0.1) is 0 Å². The Bertz CT molecular complexity index is 388. The van der Waals surface area contributed by atoms with E-state index >= 15 is 0 Å². The van der Waals surface area contributed by atoms with Gasteiger partial charge in [0, 0.05) is 0 Å². The van der Waals surface area contributed by atoms with Crippen LogP contribution >= 0.6 is 9.90 Å². The summed E-state index contributed by atoms with van der Waals surface area (Å²) < 4.78 is 5.74. The van der Waals surface area contributed by atoms with Gasteiger partial charge < -0.3 is 9.84 Å². The molecular weight excluding hydrogens is 327 g/mol. The first-order valence-electron chi connectivity index (χ1n) is 9.87. The fourth-order valence-corrected chi connectivity index (χ4v) is 2.36. The van der Waals surface area contributed by atoms with Crippen molar-refractivity contribution in [1.82, 2.24) is 0 Å². The standard InChI is InChI=1S/C19H32O2.C3H8.H3P/c1-4-5-6-7-8-9-10-11-17-12-14-18(15-13-17)21-19(2,3)16-20;1-3-2;/h12-15,20H,4-11,16H2,1-3H3;3H2,1-2H3;1H3. The molecule has 0 aromatic heterocycles. The normalized spacial score (nSPS) is 10.5. The van der Waals surface area contributed by atoms with Crippen molar-refractivity contribution in [3.05, 3.63) is 29.8 Å². The lowest BCUT2D eigenvalue weighted by molar-refractivity contribution is 0.0412. The van der Waals surface area contributed by atoms with Crippen LogP contribution < -0.4 is 4.74 Å². The summed E-state index contributed by atoms with van der Waals surface area (Å²) in [4.78, 5) is 0. The highest BCUT2D eigenvalue weighted by molar-refractivity contribution is 6.92. The van der Waals surface area contributed by atoms with E-state index in [0.717, 1.165) is 12.2 Å². The molecule has 0 aliphatic carbocycles. The molecule has 0 bridgehead atoms. The lowest BCUT2D eigenvalue weighted by Gasteiger charge is -2.23. The zero-order valence-electron chi connectivity index (χ0n) is 17.4. The highest BCUT2D eigenvalue weighted by Crippen LogP contribution is 2.19. The summed E-state index contributed by atoms with van der Waals surface area (Å²) in [5.74, 6) is 0.831. The molecule has 1 N–H and O–H groups in total. The molecule has 0 radical (unpaired) electrons. The molecule has 0 fully saturated rings. The predicted octanol–water partition coefficient (Wildman–Crippen LogP) is 6.60. The smallest absolute Gasteiger partial charge is 0.126 e. The monoisotopic (exact) mass is 370 g/mol. The molecule has 0 saturated heterocycles. The molecule has 0 aliphatic rings.